The summed E-state index contributed by atoms with van der Waals surface area (Å²) < 4.78 is 22.1. The van der Waals surface area contributed by atoms with Crippen LogP contribution >= 0.6 is 0 Å². The first-order valence-electron chi connectivity index (χ1n) is 9.08. The number of benzene rings is 1. The lowest BCUT2D eigenvalue weighted by Crippen LogP contribution is -2.13. The SMILES string of the molecule is C=Cc1ccc(COCCOCCOCCOc2ncnc3nc[nH]c23)cc1. The van der Waals surface area contributed by atoms with E-state index >= 15 is 0 Å². The van der Waals surface area contributed by atoms with Crippen LogP contribution in [0.15, 0.2) is 43.5 Å². The lowest BCUT2D eigenvalue weighted by molar-refractivity contribution is 0.00583. The minimum Gasteiger partial charge on any atom is -0.474 e. The molecule has 2 aromatic heterocycles. The maximum Gasteiger partial charge on any atom is 0.243 e. The van der Waals surface area contributed by atoms with E-state index in [2.05, 4.69) is 26.5 Å². The zero-order valence-corrected chi connectivity index (χ0v) is 15.7. The maximum atomic E-state index is 5.58. The maximum absolute atomic E-state index is 5.58. The average molecular weight is 384 g/mol. The van der Waals surface area contributed by atoms with Gasteiger partial charge in [-0.05, 0) is 11.1 Å². The van der Waals surface area contributed by atoms with Crippen molar-refractivity contribution in [3.63, 3.8) is 0 Å². The molecule has 148 valence electrons. The van der Waals surface area contributed by atoms with Gasteiger partial charge in [-0.1, -0.05) is 36.9 Å². The molecule has 0 aliphatic carbocycles. The Kier molecular flexibility index (Phi) is 7.92. The van der Waals surface area contributed by atoms with Crippen molar-refractivity contribution in [1.82, 2.24) is 19.9 Å². The lowest BCUT2D eigenvalue weighted by atomic mass is 10.1. The molecule has 3 aromatic rings. The van der Waals surface area contributed by atoms with Crippen LogP contribution in [0.1, 0.15) is 11.1 Å². The van der Waals surface area contributed by atoms with Crippen LogP contribution in [0.4, 0.5) is 0 Å². The molecule has 1 aromatic carbocycles. The molecule has 8 heteroatoms. The van der Waals surface area contributed by atoms with Crippen molar-refractivity contribution in [2.45, 2.75) is 6.61 Å². The van der Waals surface area contributed by atoms with Crippen LogP contribution in [-0.2, 0) is 20.8 Å². The molecule has 0 aliphatic rings. The molecule has 0 saturated carbocycles. The summed E-state index contributed by atoms with van der Waals surface area (Å²) in [7, 11) is 0. The van der Waals surface area contributed by atoms with Gasteiger partial charge in [-0.15, -0.1) is 0 Å². The Morgan fingerprint density at radius 3 is 2.32 bits per heavy atom. The molecular formula is C20H24N4O4. The molecule has 2 heterocycles. The molecule has 1 N–H and O–H groups in total. The second kappa shape index (κ2) is 11.1. The molecule has 0 bridgehead atoms. The van der Waals surface area contributed by atoms with Crippen LogP contribution in [0.5, 0.6) is 5.88 Å². The molecule has 0 saturated heterocycles. The number of aromatic nitrogens is 4. The number of ether oxygens (including phenoxy) is 4. The first-order chi connectivity index (χ1) is 13.9. The van der Waals surface area contributed by atoms with Crippen LogP contribution in [-0.4, -0.2) is 59.6 Å². The number of hydrogen-bond donors (Lipinski definition) is 1. The van der Waals surface area contributed by atoms with Crippen LogP contribution < -0.4 is 4.74 Å². The normalized spacial score (nSPS) is 11.0. The zero-order valence-electron chi connectivity index (χ0n) is 15.7. The number of rotatable bonds is 13. The second-order valence-electron chi connectivity index (χ2n) is 5.85. The number of aromatic amines is 1. The predicted octanol–water partition coefficient (Wildman–Crippen LogP) is 2.62. The smallest absolute Gasteiger partial charge is 0.243 e. The van der Waals surface area contributed by atoms with Gasteiger partial charge in [0.2, 0.25) is 5.88 Å². The minimum atomic E-state index is 0.388. The van der Waals surface area contributed by atoms with E-state index < -0.39 is 0 Å². The van der Waals surface area contributed by atoms with Gasteiger partial charge in [0.15, 0.2) is 5.65 Å². The summed E-state index contributed by atoms with van der Waals surface area (Å²) >= 11 is 0. The first kappa shape index (κ1) is 19.9. The highest BCUT2D eigenvalue weighted by Crippen LogP contribution is 2.16. The summed E-state index contributed by atoms with van der Waals surface area (Å²) in [6, 6.07) is 8.11. The van der Waals surface area contributed by atoms with E-state index in [1.54, 1.807) is 6.33 Å². The fraction of sp³-hybridized carbons (Fsp3) is 0.350. The standard InChI is InChI=1S/C20H24N4O4/c1-2-16-3-5-17(6-4-16)13-27-10-9-25-7-8-26-11-12-28-20-18-19(22-14-21-18)23-15-24-20/h2-6,14-15H,1,7-13H2,(H,21,22,23,24). The van der Waals surface area contributed by atoms with Gasteiger partial charge in [-0.3, -0.25) is 0 Å². The third-order valence-corrected chi connectivity index (χ3v) is 3.88. The molecular weight excluding hydrogens is 360 g/mol. The fourth-order valence-corrected chi connectivity index (χ4v) is 2.43. The van der Waals surface area contributed by atoms with E-state index in [0.29, 0.717) is 63.3 Å². The summed E-state index contributed by atoms with van der Waals surface area (Å²) in [5.41, 5.74) is 3.49. The number of fused-ring (bicyclic) bond motifs is 1. The van der Waals surface area contributed by atoms with Crippen molar-refractivity contribution < 1.29 is 18.9 Å². The van der Waals surface area contributed by atoms with Gasteiger partial charge in [0.25, 0.3) is 0 Å². The highest BCUT2D eigenvalue weighted by molar-refractivity contribution is 5.74. The number of nitrogens with zero attached hydrogens (tertiary/aromatic N) is 3. The summed E-state index contributed by atoms with van der Waals surface area (Å²) in [5.74, 6) is 0.471. The molecule has 8 nitrogen and oxygen atoms in total. The molecule has 0 fully saturated rings. The van der Waals surface area contributed by atoms with Crippen molar-refractivity contribution in [2.75, 3.05) is 39.6 Å². The Hall–Kier alpha value is -2.81. The fourth-order valence-electron chi connectivity index (χ4n) is 2.43. The number of imidazole rings is 1. The van der Waals surface area contributed by atoms with Gasteiger partial charge in [0.1, 0.15) is 18.5 Å². The van der Waals surface area contributed by atoms with Crippen molar-refractivity contribution in [1.29, 1.82) is 0 Å². The zero-order chi connectivity index (χ0) is 19.4. The van der Waals surface area contributed by atoms with Crippen molar-refractivity contribution in [3.8, 4) is 5.88 Å². The third-order valence-electron chi connectivity index (χ3n) is 3.88. The van der Waals surface area contributed by atoms with Crippen LogP contribution in [0.25, 0.3) is 17.2 Å². The Balaban J connectivity index is 1.17. The Morgan fingerprint density at radius 2 is 1.57 bits per heavy atom. The Morgan fingerprint density at radius 1 is 0.857 bits per heavy atom. The van der Waals surface area contributed by atoms with E-state index in [4.69, 9.17) is 18.9 Å². The summed E-state index contributed by atoms with van der Waals surface area (Å²) in [6.07, 6.45) is 4.80. The quantitative estimate of drug-likeness (QED) is 0.453. The van der Waals surface area contributed by atoms with Crippen molar-refractivity contribution in [3.05, 3.63) is 54.6 Å². The van der Waals surface area contributed by atoms with Crippen LogP contribution in [0.2, 0.25) is 0 Å². The largest absolute Gasteiger partial charge is 0.474 e. The van der Waals surface area contributed by atoms with Gasteiger partial charge >= 0.3 is 0 Å². The van der Waals surface area contributed by atoms with Gasteiger partial charge in [-0.2, -0.15) is 4.98 Å². The summed E-state index contributed by atoms with van der Waals surface area (Å²) in [4.78, 5) is 15.1. The van der Waals surface area contributed by atoms with E-state index in [9.17, 15) is 0 Å². The van der Waals surface area contributed by atoms with E-state index in [0.717, 1.165) is 11.1 Å². The minimum absolute atomic E-state index is 0.388. The average Bonchev–Trinajstić information content (AvgIpc) is 3.22. The first-order valence-corrected chi connectivity index (χ1v) is 9.08. The van der Waals surface area contributed by atoms with E-state index in [1.807, 2.05) is 30.3 Å². The van der Waals surface area contributed by atoms with E-state index in [1.165, 1.54) is 6.33 Å². The van der Waals surface area contributed by atoms with Gasteiger partial charge in [0, 0.05) is 0 Å². The van der Waals surface area contributed by atoms with Crippen molar-refractivity contribution >= 4 is 17.2 Å². The molecule has 3 rings (SSSR count). The Bertz CT molecular complexity index is 851. The molecule has 0 aliphatic heterocycles. The molecule has 0 amide bonds. The molecule has 0 spiro atoms. The number of nitrogens with one attached hydrogen (secondary N) is 1. The topological polar surface area (TPSA) is 91.4 Å². The predicted molar refractivity (Wildman–Crippen MR) is 105 cm³/mol. The molecule has 28 heavy (non-hydrogen) atoms. The third kappa shape index (κ3) is 6.12. The van der Waals surface area contributed by atoms with Crippen molar-refractivity contribution in [2.24, 2.45) is 0 Å². The highest BCUT2D eigenvalue weighted by atomic mass is 16.6. The van der Waals surface area contributed by atoms with Crippen LogP contribution in [0, 0.1) is 0 Å². The second-order valence-corrected chi connectivity index (χ2v) is 5.85. The lowest BCUT2D eigenvalue weighted by Gasteiger charge is -2.08. The highest BCUT2D eigenvalue weighted by Gasteiger charge is 2.06. The Labute approximate surface area is 163 Å². The van der Waals surface area contributed by atoms with Crippen LogP contribution in [0.3, 0.4) is 0 Å². The monoisotopic (exact) mass is 384 g/mol. The molecule has 0 atom stereocenters. The van der Waals surface area contributed by atoms with Gasteiger partial charge in [-0.25, -0.2) is 9.97 Å². The van der Waals surface area contributed by atoms with Gasteiger partial charge < -0.3 is 23.9 Å². The summed E-state index contributed by atoms with van der Waals surface area (Å²) in [5, 5.41) is 0. The van der Waals surface area contributed by atoms with E-state index in [-0.39, 0.29) is 0 Å². The molecule has 0 unspecified atom stereocenters. The number of H-pyrrole nitrogens is 1. The van der Waals surface area contributed by atoms with Gasteiger partial charge in [0.05, 0.1) is 46.0 Å². The number of hydrogen-bond acceptors (Lipinski definition) is 7. The summed E-state index contributed by atoms with van der Waals surface area (Å²) in [6.45, 7) is 7.22. The molecule has 0 radical (unpaired) electrons.